The van der Waals surface area contributed by atoms with E-state index < -0.39 is 70.4 Å². The molecule has 0 bridgehead atoms. The van der Waals surface area contributed by atoms with E-state index >= 15 is 0 Å². The van der Waals surface area contributed by atoms with E-state index in [9.17, 15) is 41.1 Å². The summed E-state index contributed by atoms with van der Waals surface area (Å²) in [5.41, 5.74) is -5.96. The van der Waals surface area contributed by atoms with Gasteiger partial charge in [-0.3, -0.25) is 4.79 Å². The molecule has 9 nitrogen and oxygen atoms in total. The number of carbonyl (C=O) groups excluding carboxylic acids is 2. The average Bonchev–Trinajstić information content (AvgIpc) is 2.76. The van der Waals surface area contributed by atoms with E-state index in [0.717, 1.165) is 11.8 Å². The van der Waals surface area contributed by atoms with Gasteiger partial charge in [-0.05, 0) is 13.8 Å². The summed E-state index contributed by atoms with van der Waals surface area (Å²) >= 11 is 16.8. The minimum Gasteiger partial charge on any atom is -0.480 e. The molecule has 166 valence electrons. The van der Waals surface area contributed by atoms with Crippen molar-refractivity contribution in [2.24, 2.45) is 0 Å². The summed E-state index contributed by atoms with van der Waals surface area (Å²) in [6, 6.07) is -3.63. The Morgan fingerprint density at radius 3 is 2.24 bits per heavy atom. The highest BCUT2D eigenvalue weighted by Gasteiger charge is 2.70. The molecule has 0 aromatic rings. The number of rotatable bonds is 4. The lowest BCUT2D eigenvalue weighted by molar-refractivity contribution is -0.162. The lowest BCUT2D eigenvalue weighted by Gasteiger charge is -2.46. The van der Waals surface area contributed by atoms with Crippen LogP contribution in [0.2, 0.25) is 0 Å². The molecule has 2 fully saturated rings. The lowest BCUT2D eigenvalue weighted by Crippen LogP contribution is -2.73. The van der Waals surface area contributed by atoms with Gasteiger partial charge in [0.2, 0.25) is 3.79 Å². The summed E-state index contributed by atoms with van der Waals surface area (Å²) in [5.74, 6) is -2.75. The second-order valence-corrected chi connectivity index (χ2v) is 12.6. The van der Waals surface area contributed by atoms with Crippen molar-refractivity contribution in [3.05, 3.63) is 0 Å². The third-order valence-corrected chi connectivity index (χ3v) is 7.35. The van der Waals surface area contributed by atoms with Crippen LogP contribution in [0, 0.1) is 0 Å². The van der Waals surface area contributed by atoms with E-state index in [2.05, 4.69) is 4.74 Å². The molecule has 0 aromatic heterocycles. The standard InChI is InChI=1S/C12H12Cl3F3N2O7S2/c1-10(2)5(8(22)23)19-6(21)4(7(19)28-10)20(29(25,26)12(16,17)18)9(24)27-3-11(13,14)15/h4-5,7H,3H2,1-2H3,(H,22,23)/t4-,5+,7-/m1/s1. The van der Waals surface area contributed by atoms with Gasteiger partial charge in [-0.25, -0.2) is 9.59 Å². The van der Waals surface area contributed by atoms with E-state index in [1.165, 1.54) is 13.8 Å². The number of amides is 2. The normalized spacial score (nSPS) is 26.6. The number of fused-ring (bicyclic) bond motifs is 1. The Labute approximate surface area is 181 Å². The van der Waals surface area contributed by atoms with Gasteiger partial charge >= 0.3 is 27.6 Å². The fraction of sp³-hybridized carbons (Fsp3) is 0.750. The number of alkyl halides is 6. The van der Waals surface area contributed by atoms with Gasteiger partial charge in [0, 0.05) is 4.75 Å². The topological polar surface area (TPSA) is 121 Å². The Balaban J connectivity index is 2.45. The van der Waals surface area contributed by atoms with Crippen LogP contribution in [0.4, 0.5) is 18.0 Å². The highest BCUT2D eigenvalue weighted by Crippen LogP contribution is 2.53. The lowest BCUT2D eigenvalue weighted by atomic mass is 9.96. The Hall–Kier alpha value is -0.830. The first-order chi connectivity index (χ1) is 12.8. The fourth-order valence-electron chi connectivity index (χ4n) is 2.89. The van der Waals surface area contributed by atoms with Gasteiger partial charge in [-0.15, -0.1) is 11.8 Å². The Bertz CT molecular complexity index is 847. The van der Waals surface area contributed by atoms with Crippen LogP contribution in [-0.2, 0) is 24.3 Å². The molecule has 0 spiro atoms. The quantitative estimate of drug-likeness (QED) is 0.440. The molecule has 3 atom stereocenters. The van der Waals surface area contributed by atoms with Gasteiger partial charge in [-0.2, -0.15) is 25.9 Å². The summed E-state index contributed by atoms with van der Waals surface area (Å²) in [6.07, 6.45) is -2.09. The first-order valence-electron chi connectivity index (χ1n) is 7.40. The van der Waals surface area contributed by atoms with Crippen molar-refractivity contribution in [2.45, 2.75) is 45.4 Å². The second kappa shape index (κ2) is 7.39. The Kier molecular flexibility index (Phi) is 6.23. The number of sulfonamides is 1. The fourth-order valence-corrected chi connectivity index (χ4v) is 5.78. The number of carboxylic acid groups (broad SMARTS) is 1. The highest BCUT2D eigenvalue weighted by atomic mass is 35.6. The zero-order valence-electron chi connectivity index (χ0n) is 14.3. The molecule has 0 aromatic carbocycles. The third-order valence-electron chi connectivity index (χ3n) is 3.99. The Morgan fingerprint density at radius 2 is 1.83 bits per heavy atom. The van der Waals surface area contributed by atoms with Gasteiger partial charge < -0.3 is 14.7 Å². The largest absolute Gasteiger partial charge is 0.516 e. The second-order valence-electron chi connectivity index (χ2n) is 6.46. The summed E-state index contributed by atoms with van der Waals surface area (Å²) in [6.45, 7) is 1.71. The molecule has 1 N–H and O–H groups in total. The number of carbonyl (C=O) groups is 3. The maximum Gasteiger partial charge on any atom is 0.516 e. The number of hydrogen-bond acceptors (Lipinski definition) is 7. The van der Waals surface area contributed by atoms with Crippen LogP contribution in [0.5, 0.6) is 0 Å². The van der Waals surface area contributed by atoms with Gasteiger partial charge in [0.15, 0.2) is 6.04 Å². The van der Waals surface area contributed by atoms with Crippen molar-refractivity contribution in [1.82, 2.24) is 9.21 Å². The minimum absolute atomic E-state index is 0.707. The first-order valence-corrected chi connectivity index (χ1v) is 10.9. The number of β-lactam (4-membered cyclic amide) rings is 1. The molecule has 2 amide bonds. The minimum atomic E-state index is -6.39. The summed E-state index contributed by atoms with van der Waals surface area (Å²) < 4.78 is 63.4. The number of ether oxygens (including phenoxy) is 1. The van der Waals surface area contributed by atoms with E-state index in [-0.39, 0.29) is 0 Å². The molecule has 2 heterocycles. The van der Waals surface area contributed by atoms with Gasteiger partial charge in [0.25, 0.3) is 5.91 Å². The maximum atomic E-state index is 13.1. The average molecular weight is 524 g/mol. The number of halogens is 6. The first kappa shape index (κ1) is 24.4. The van der Waals surface area contributed by atoms with Crippen LogP contribution < -0.4 is 0 Å². The van der Waals surface area contributed by atoms with Gasteiger partial charge in [-0.1, -0.05) is 34.8 Å². The summed E-state index contributed by atoms with van der Waals surface area (Å²) in [5, 5.41) is 7.95. The number of hydrogen-bond donors (Lipinski definition) is 1. The SMILES string of the molecule is CC1(C)S[C@@H]2[C@H](N(C(=O)OCC(Cl)(Cl)Cl)S(=O)(=O)C(F)(F)F)C(=O)N2[C@H]1C(=O)O. The molecule has 29 heavy (non-hydrogen) atoms. The van der Waals surface area contributed by atoms with Crippen LogP contribution in [0.3, 0.4) is 0 Å². The molecular formula is C12H12Cl3F3N2O7S2. The van der Waals surface area contributed by atoms with Crippen LogP contribution in [0.15, 0.2) is 0 Å². The Morgan fingerprint density at radius 1 is 1.31 bits per heavy atom. The molecule has 0 radical (unpaired) electrons. The van der Waals surface area contributed by atoms with Crippen molar-refractivity contribution in [2.75, 3.05) is 6.61 Å². The molecule has 2 aliphatic heterocycles. The number of aliphatic carboxylic acids is 1. The van der Waals surface area contributed by atoms with Crippen molar-refractivity contribution in [1.29, 1.82) is 0 Å². The van der Waals surface area contributed by atoms with Crippen LogP contribution in [-0.4, -0.2) is 78.8 Å². The molecule has 0 aliphatic carbocycles. The van der Waals surface area contributed by atoms with Crippen LogP contribution in [0.25, 0.3) is 0 Å². The van der Waals surface area contributed by atoms with Crippen LogP contribution >= 0.6 is 46.6 Å². The van der Waals surface area contributed by atoms with E-state index in [1.807, 2.05) is 0 Å². The number of carboxylic acids is 1. The maximum absolute atomic E-state index is 13.1. The molecule has 17 heteroatoms. The zero-order valence-corrected chi connectivity index (χ0v) is 18.2. The van der Waals surface area contributed by atoms with Crippen molar-refractivity contribution in [3.63, 3.8) is 0 Å². The zero-order chi connectivity index (χ0) is 22.7. The molecule has 0 saturated carbocycles. The van der Waals surface area contributed by atoms with Crippen molar-refractivity contribution >= 4 is 74.6 Å². The van der Waals surface area contributed by atoms with E-state index in [0.29, 0.717) is 4.90 Å². The molecule has 0 unspecified atom stereocenters. The number of thioether (sulfide) groups is 1. The molecule has 2 saturated heterocycles. The molecular weight excluding hydrogens is 512 g/mol. The van der Waals surface area contributed by atoms with Crippen molar-refractivity contribution < 1.29 is 45.8 Å². The van der Waals surface area contributed by atoms with Crippen LogP contribution in [0.1, 0.15) is 13.8 Å². The van der Waals surface area contributed by atoms with Gasteiger partial charge in [0.1, 0.15) is 18.0 Å². The predicted octanol–water partition coefficient (Wildman–Crippen LogP) is 2.16. The van der Waals surface area contributed by atoms with Gasteiger partial charge in [0.05, 0.1) is 0 Å². The van der Waals surface area contributed by atoms with Crippen molar-refractivity contribution in [3.8, 4) is 0 Å². The van der Waals surface area contributed by atoms with E-state index in [4.69, 9.17) is 34.8 Å². The highest BCUT2D eigenvalue weighted by molar-refractivity contribution is 8.01. The monoisotopic (exact) mass is 522 g/mol. The summed E-state index contributed by atoms with van der Waals surface area (Å²) in [4.78, 5) is 36.8. The predicted molar refractivity (Wildman–Crippen MR) is 96.0 cm³/mol. The summed E-state index contributed by atoms with van der Waals surface area (Å²) in [7, 11) is -6.39. The smallest absolute Gasteiger partial charge is 0.480 e. The number of nitrogens with zero attached hydrogens (tertiary/aromatic N) is 2. The molecule has 2 rings (SSSR count). The third kappa shape index (κ3) is 4.31. The van der Waals surface area contributed by atoms with E-state index in [1.54, 1.807) is 0 Å². The molecule has 2 aliphatic rings.